The van der Waals surface area contributed by atoms with Crippen LogP contribution in [0.2, 0.25) is 0 Å². The van der Waals surface area contributed by atoms with Crippen molar-refractivity contribution in [2.45, 2.75) is 64.0 Å². The average Bonchev–Trinajstić information content (AvgIpc) is 2.76. The van der Waals surface area contributed by atoms with Crippen LogP contribution in [0.3, 0.4) is 0 Å². The Kier molecular flexibility index (Phi) is 6.06. The second-order valence-electron chi connectivity index (χ2n) is 6.20. The number of aliphatic hydroxyl groups excluding tert-OH is 1. The summed E-state index contributed by atoms with van der Waals surface area (Å²) in [5, 5.41) is 10.4. The van der Waals surface area contributed by atoms with Gasteiger partial charge in [0, 0.05) is 12.6 Å². The summed E-state index contributed by atoms with van der Waals surface area (Å²) in [6.07, 6.45) is 8.71. The van der Waals surface area contributed by atoms with E-state index in [9.17, 15) is 5.11 Å². The molecule has 1 saturated carbocycles. The van der Waals surface area contributed by atoms with E-state index in [1.807, 2.05) is 0 Å². The van der Waals surface area contributed by atoms with Crippen molar-refractivity contribution >= 4 is 0 Å². The third kappa shape index (κ3) is 4.32. The fourth-order valence-electron chi connectivity index (χ4n) is 3.20. The van der Waals surface area contributed by atoms with Gasteiger partial charge in [-0.3, -0.25) is 0 Å². The fourth-order valence-corrected chi connectivity index (χ4v) is 3.20. The lowest BCUT2D eigenvalue weighted by Crippen LogP contribution is -2.34. The molecule has 0 aliphatic heterocycles. The van der Waals surface area contributed by atoms with Crippen molar-refractivity contribution in [2.75, 3.05) is 13.6 Å². The van der Waals surface area contributed by atoms with Crippen molar-refractivity contribution in [3.8, 4) is 0 Å². The highest BCUT2D eigenvalue weighted by molar-refractivity contribution is 5.24. The molecule has 2 nitrogen and oxygen atoms in total. The molecule has 1 aliphatic carbocycles. The second kappa shape index (κ2) is 7.80. The maximum atomic E-state index is 10.4. The lowest BCUT2D eigenvalue weighted by Gasteiger charge is -2.29. The highest BCUT2D eigenvalue weighted by Crippen LogP contribution is 2.23. The average molecular weight is 275 g/mol. The van der Waals surface area contributed by atoms with E-state index in [1.54, 1.807) is 0 Å². The van der Waals surface area contributed by atoms with E-state index < -0.39 is 0 Å². The molecule has 1 aromatic rings. The van der Waals surface area contributed by atoms with Crippen LogP contribution in [0.1, 0.15) is 62.7 Å². The van der Waals surface area contributed by atoms with Gasteiger partial charge in [-0.25, -0.2) is 0 Å². The van der Waals surface area contributed by atoms with Crippen molar-refractivity contribution in [3.05, 3.63) is 35.4 Å². The zero-order valence-electron chi connectivity index (χ0n) is 13.0. The van der Waals surface area contributed by atoms with Crippen LogP contribution in [0, 0.1) is 0 Å². The molecule has 0 heterocycles. The zero-order valence-corrected chi connectivity index (χ0v) is 13.0. The number of aliphatic hydroxyl groups is 1. The summed E-state index contributed by atoms with van der Waals surface area (Å²) in [5.74, 6) is 0. The molecular weight excluding hydrogens is 246 g/mol. The van der Waals surface area contributed by atoms with Crippen LogP contribution in [0.5, 0.6) is 0 Å². The first-order valence-electron chi connectivity index (χ1n) is 8.18. The first kappa shape index (κ1) is 15.5. The molecule has 20 heavy (non-hydrogen) atoms. The van der Waals surface area contributed by atoms with Gasteiger partial charge in [0.25, 0.3) is 0 Å². The first-order chi connectivity index (χ1) is 9.70. The highest BCUT2D eigenvalue weighted by Gasteiger charge is 2.19. The molecule has 0 saturated heterocycles. The summed E-state index contributed by atoms with van der Waals surface area (Å²) in [4.78, 5) is 2.36. The monoisotopic (exact) mass is 275 g/mol. The molecule has 0 aromatic heterocycles. The van der Waals surface area contributed by atoms with E-state index in [2.05, 4.69) is 43.1 Å². The predicted octanol–water partition coefficient (Wildman–Crippen LogP) is 3.94. The van der Waals surface area contributed by atoms with E-state index in [4.69, 9.17) is 0 Å². The Morgan fingerprint density at radius 1 is 1.10 bits per heavy atom. The smallest absolute Gasteiger partial charge is 0.0916 e. The van der Waals surface area contributed by atoms with Crippen molar-refractivity contribution in [1.82, 2.24) is 4.90 Å². The number of nitrogens with zero attached hydrogens (tertiary/aromatic N) is 1. The number of likely N-dealkylation sites (N-methyl/N-ethyl adjacent to an activating group) is 1. The van der Waals surface area contributed by atoms with Gasteiger partial charge in [-0.15, -0.1) is 0 Å². The molecule has 1 aliphatic rings. The van der Waals surface area contributed by atoms with Crippen LogP contribution in [-0.2, 0) is 6.42 Å². The molecule has 0 spiro atoms. The topological polar surface area (TPSA) is 23.5 Å². The molecule has 1 unspecified atom stereocenters. The molecular formula is C18H29NO. The number of rotatable bonds is 5. The Hall–Kier alpha value is -0.860. The summed E-state index contributed by atoms with van der Waals surface area (Å²) in [6, 6.07) is 9.06. The van der Waals surface area contributed by atoms with E-state index in [1.165, 1.54) is 44.1 Å². The van der Waals surface area contributed by atoms with E-state index >= 15 is 0 Å². The maximum absolute atomic E-state index is 10.4. The van der Waals surface area contributed by atoms with Crippen molar-refractivity contribution in [2.24, 2.45) is 0 Å². The first-order valence-corrected chi connectivity index (χ1v) is 8.18. The van der Waals surface area contributed by atoms with E-state index in [0.29, 0.717) is 6.04 Å². The predicted molar refractivity (Wildman–Crippen MR) is 84.9 cm³/mol. The highest BCUT2D eigenvalue weighted by atomic mass is 16.3. The van der Waals surface area contributed by atoms with Crippen molar-refractivity contribution in [1.29, 1.82) is 0 Å². The van der Waals surface area contributed by atoms with Crippen LogP contribution in [0.15, 0.2) is 24.3 Å². The molecule has 1 aromatic carbocycles. The number of aryl methyl sites for hydroxylation is 1. The molecule has 0 amide bonds. The summed E-state index contributed by atoms with van der Waals surface area (Å²) < 4.78 is 0. The van der Waals surface area contributed by atoms with Gasteiger partial charge in [-0.05, 0) is 37.4 Å². The molecule has 1 fully saturated rings. The van der Waals surface area contributed by atoms with Gasteiger partial charge in [0.2, 0.25) is 0 Å². The van der Waals surface area contributed by atoms with Gasteiger partial charge in [-0.2, -0.15) is 0 Å². The summed E-state index contributed by atoms with van der Waals surface area (Å²) >= 11 is 0. The number of benzene rings is 1. The molecule has 2 heteroatoms. The summed E-state index contributed by atoms with van der Waals surface area (Å²) in [5.41, 5.74) is 2.38. The molecule has 112 valence electrons. The van der Waals surface area contributed by atoms with Gasteiger partial charge in [0.15, 0.2) is 0 Å². The molecule has 0 radical (unpaired) electrons. The number of hydrogen-bond acceptors (Lipinski definition) is 2. The van der Waals surface area contributed by atoms with Gasteiger partial charge in [0.05, 0.1) is 6.10 Å². The largest absolute Gasteiger partial charge is 0.387 e. The van der Waals surface area contributed by atoms with Crippen LogP contribution >= 0.6 is 0 Å². The third-order valence-electron chi connectivity index (χ3n) is 4.68. The summed E-state index contributed by atoms with van der Waals surface area (Å²) in [6.45, 7) is 2.90. The van der Waals surface area contributed by atoms with Crippen LogP contribution in [0.4, 0.5) is 0 Å². The minimum absolute atomic E-state index is 0.367. The van der Waals surface area contributed by atoms with Gasteiger partial charge in [0.1, 0.15) is 0 Å². The fraction of sp³-hybridized carbons (Fsp3) is 0.667. The Bertz CT molecular complexity index is 379. The Morgan fingerprint density at radius 3 is 2.25 bits per heavy atom. The standard InChI is InChI=1S/C18H29NO/c1-3-15-10-12-16(13-11-15)18(20)14-19(2)17-8-6-4-5-7-9-17/h10-13,17-18,20H,3-9,14H2,1-2H3. The normalized spacial score (nSPS) is 19.0. The van der Waals surface area contributed by atoms with Crippen LogP contribution in [-0.4, -0.2) is 29.6 Å². The molecule has 2 rings (SSSR count). The minimum atomic E-state index is -0.367. The Labute approximate surface area is 123 Å². The van der Waals surface area contributed by atoms with Gasteiger partial charge >= 0.3 is 0 Å². The second-order valence-corrected chi connectivity index (χ2v) is 6.20. The third-order valence-corrected chi connectivity index (χ3v) is 4.68. The van der Waals surface area contributed by atoms with Crippen molar-refractivity contribution < 1.29 is 5.11 Å². The lowest BCUT2D eigenvalue weighted by molar-refractivity contribution is 0.0990. The molecule has 1 atom stereocenters. The quantitative estimate of drug-likeness (QED) is 0.823. The number of hydrogen-bond donors (Lipinski definition) is 1. The zero-order chi connectivity index (χ0) is 14.4. The van der Waals surface area contributed by atoms with Crippen LogP contribution < -0.4 is 0 Å². The van der Waals surface area contributed by atoms with E-state index in [0.717, 1.165) is 18.5 Å². The minimum Gasteiger partial charge on any atom is -0.387 e. The van der Waals surface area contributed by atoms with Gasteiger partial charge < -0.3 is 10.0 Å². The van der Waals surface area contributed by atoms with E-state index in [-0.39, 0.29) is 6.10 Å². The van der Waals surface area contributed by atoms with Crippen LogP contribution in [0.25, 0.3) is 0 Å². The molecule has 1 N–H and O–H groups in total. The Balaban J connectivity index is 1.89. The molecule has 0 bridgehead atoms. The maximum Gasteiger partial charge on any atom is 0.0916 e. The van der Waals surface area contributed by atoms with Crippen molar-refractivity contribution in [3.63, 3.8) is 0 Å². The Morgan fingerprint density at radius 2 is 1.70 bits per heavy atom. The van der Waals surface area contributed by atoms with Gasteiger partial charge in [-0.1, -0.05) is 56.9 Å². The summed E-state index contributed by atoms with van der Waals surface area (Å²) in [7, 11) is 2.17. The lowest BCUT2D eigenvalue weighted by atomic mass is 10.0. The SMILES string of the molecule is CCc1ccc(C(O)CN(C)C2CCCCCC2)cc1.